The molecule has 0 spiro atoms. The van der Waals surface area contributed by atoms with E-state index in [2.05, 4.69) is 25.9 Å². The lowest BCUT2D eigenvalue weighted by Gasteiger charge is -2.08. The van der Waals surface area contributed by atoms with Crippen LogP contribution >= 0.6 is 0 Å². The van der Waals surface area contributed by atoms with Crippen molar-refractivity contribution < 1.29 is 13.9 Å². The highest BCUT2D eigenvalue weighted by atomic mass is 19.1. The lowest BCUT2D eigenvalue weighted by atomic mass is 10.2. The van der Waals surface area contributed by atoms with Crippen molar-refractivity contribution in [3.63, 3.8) is 0 Å². The van der Waals surface area contributed by atoms with Crippen molar-refractivity contribution in [3.8, 4) is 5.75 Å². The Morgan fingerprint density at radius 3 is 2.69 bits per heavy atom. The van der Waals surface area contributed by atoms with E-state index in [1.807, 2.05) is 24.3 Å². The molecule has 0 aliphatic rings. The van der Waals surface area contributed by atoms with E-state index >= 15 is 0 Å². The van der Waals surface area contributed by atoms with Gasteiger partial charge in [-0.1, -0.05) is 24.3 Å². The van der Waals surface area contributed by atoms with Crippen molar-refractivity contribution in [3.05, 3.63) is 83.4 Å². The molecule has 0 aliphatic heterocycles. The number of carbonyl (C=O) groups is 1. The van der Waals surface area contributed by atoms with Crippen molar-refractivity contribution in [2.45, 2.75) is 25.9 Å². The minimum atomic E-state index is -0.269. The van der Waals surface area contributed by atoms with Crippen LogP contribution in [0.3, 0.4) is 0 Å². The van der Waals surface area contributed by atoms with E-state index in [0.717, 1.165) is 16.9 Å². The van der Waals surface area contributed by atoms with Crippen LogP contribution in [-0.2, 0) is 24.3 Å². The number of hydrogen-bond acceptors (Lipinski definition) is 6. The van der Waals surface area contributed by atoms with Gasteiger partial charge < -0.3 is 15.4 Å². The number of fused-ring (bicyclic) bond motifs is 1. The minimum absolute atomic E-state index is 0.0878. The van der Waals surface area contributed by atoms with Crippen LogP contribution in [0.5, 0.6) is 5.75 Å². The molecule has 2 N–H and O–H groups in total. The van der Waals surface area contributed by atoms with Crippen LogP contribution in [0.1, 0.15) is 23.4 Å². The Hall–Kier alpha value is -4.01. The van der Waals surface area contributed by atoms with Crippen LogP contribution in [0.15, 0.2) is 60.7 Å². The molecule has 8 nitrogen and oxygen atoms in total. The number of aromatic nitrogens is 4. The van der Waals surface area contributed by atoms with E-state index < -0.39 is 0 Å². The van der Waals surface area contributed by atoms with Gasteiger partial charge in [-0.2, -0.15) is 4.52 Å². The second-order valence-corrected chi connectivity index (χ2v) is 7.21. The van der Waals surface area contributed by atoms with E-state index in [9.17, 15) is 9.18 Å². The van der Waals surface area contributed by atoms with Gasteiger partial charge in [-0.25, -0.2) is 4.39 Å². The number of rotatable bonds is 9. The van der Waals surface area contributed by atoms with Crippen molar-refractivity contribution in [2.75, 3.05) is 12.4 Å². The Balaban J connectivity index is 1.33. The fraction of sp³-hybridized carbons (Fsp3) is 0.217. The Bertz CT molecular complexity index is 1210. The van der Waals surface area contributed by atoms with E-state index in [0.29, 0.717) is 36.8 Å². The normalized spacial score (nSPS) is 10.8. The second kappa shape index (κ2) is 9.86. The molecule has 1 amide bonds. The predicted octanol–water partition coefficient (Wildman–Crippen LogP) is 3.13. The number of methoxy groups -OCH3 is 1. The smallest absolute Gasteiger partial charge is 0.220 e. The average molecular weight is 434 g/mol. The lowest BCUT2D eigenvalue weighted by Crippen LogP contribution is -2.23. The number of ether oxygens (including phenoxy) is 1. The molecule has 2 aromatic carbocycles. The Morgan fingerprint density at radius 2 is 1.88 bits per heavy atom. The molecule has 4 aromatic rings. The zero-order chi connectivity index (χ0) is 22.3. The highest BCUT2D eigenvalue weighted by Gasteiger charge is 2.10. The first-order valence-electron chi connectivity index (χ1n) is 10.2. The molecule has 0 unspecified atom stereocenters. The SMILES string of the molecule is COc1cccc(CNC(=O)CCc2nnc3ccc(NCc4ccc(F)cc4)nn23)c1. The lowest BCUT2D eigenvalue weighted by molar-refractivity contribution is -0.121. The third-order valence-electron chi connectivity index (χ3n) is 4.91. The van der Waals surface area contributed by atoms with E-state index in [-0.39, 0.29) is 18.1 Å². The maximum Gasteiger partial charge on any atom is 0.220 e. The second-order valence-electron chi connectivity index (χ2n) is 7.21. The van der Waals surface area contributed by atoms with Crippen LogP contribution < -0.4 is 15.4 Å². The van der Waals surface area contributed by atoms with Gasteiger partial charge in [-0.15, -0.1) is 15.3 Å². The number of nitrogens with one attached hydrogen (secondary N) is 2. The van der Waals surface area contributed by atoms with Crippen molar-refractivity contribution in [2.24, 2.45) is 0 Å². The first kappa shape index (κ1) is 21.2. The number of nitrogens with zero attached hydrogens (tertiary/aromatic N) is 4. The molecule has 2 aromatic heterocycles. The van der Waals surface area contributed by atoms with E-state index in [4.69, 9.17) is 4.74 Å². The highest BCUT2D eigenvalue weighted by Crippen LogP contribution is 2.13. The summed E-state index contributed by atoms with van der Waals surface area (Å²) in [7, 11) is 1.61. The molecule has 2 heterocycles. The van der Waals surface area contributed by atoms with Crippen molar-refractivity contribution in [1.29, 1.82) is 0 Å². The van der Waals surface area contributed by atoms with Gasteiger partial charge in [0, 0.05) is 25.9 Å². The molecule has 32 heavy (non-hydrogen) atoms. The maximum absolute atomic E-state index is 13.0. The third-order valence-corrected chi connectivity index (χ3v) is 4.91. The zero-order valence-electron chi connectivity index (χ0n) is 17.6. The van der Waals surface area contributed by atoms with Crippen molar-refractivity contribution in [1.82, 2.24) is 25.1 Å². The monoisotopic (exact) mass is 434 g/mol. The van der Waals surface area contributed by atoms with E-state index in [1.54, 1.807) is 35.9 Å². The predicted molar refractivity (Wildman–Crippen MR) is 118 cm³/mol. The van der Waals surface area contributed by atoms with Gasteiger partial charge in [-0.3, -0.25) is 4.79 Å². The first-order chi connectivity index (χ1) is 15.6. The average Bonchev–Trinajstić information content (AvgIpc) is 3.23. The number of anilines is 1. The number of hydrogen-bond donors (Lipinski definition) is 2. The summed E-state index contributed by atoms with van der Waals surface area (Å²) >= 11 is 0. The van der Waals surface area contributed by atoms with Gasteiger partial charge in [0.05, 0.1) is 7.11 Å². The topological polar surface area (TPSA) is 93.4 Å². The highest BCUT2D eigenvalue weighted by molar-refractivity contribution is 5.76. The summed E-state index contributed by atoms with van der Waals surface area (Å²) in [4.78, 5) is 12.3. The fourth-order valence-corrected chi connectivity index (χ4v) is 3.18. The summed E-state index contributed by atoms with van der Waals surface area (Å²) in [5.41, 5.74) is 2.50. The largest absolute Gasteiger partial charge is 0.497 e. The standard InChI is InChI=1S/C23H23FN6O2/c1-32-19-4-2-3-17(13-19)15-26-23(31)12-11-22-28-27-21-10-9-20(29-30(21)22)25-14-16-5-7-18(24)8-6-16/h2-10,13H,11-12,14-15H2,1H3,(H,25,29)(H,26,31). The van der Waals surface area contributed by atoms with Crippen LogP contribution in [0.2, 0.25) is 0 Å². The number of benzene rings is 2. The molecule has 164 valence electrons. The van der Waals surface area contributed by atoms with Crippen molar-refractivity contribution >= 4 is 17.4 Å². The van der Waals surface area contributed by atoms with Gasteiger partial charge in [0.1, 0.15) is 17.4 Å². The molecule has 0 bridgehead atoms. The summed E-state index contributed by atoms with van der Waals surface area (Å²) in [5, 5.41) is 18.9. The molecule has 0 saturated carbocycles. The maximum atomic E-state index is 13.0. The molecule has 9 heteroatoms. The molecule has 0 aliphatic carbocycles. The number of halogens is 1. The van der Waals surface area contributed by atoms with Crippen LogP contribution in [0.25, 0.3) is 5.65 Å². The number of carbonyl (C=O) groups excluding carboxylic acids is 1. The molecule has 4 rings (SSSR count). The van der Waals surface area contributed by atoms with Crippen LogP contribution in [0.4, 0.5) is 10.2 Å². The Kier molecular flexibility index (Phi) is 6.54. The molecule has 0 fully saturated rings. The summed E-state index contributed by atoms with van der Waals surface area (Å²) in [6, 6.07) is 17.4. The number of amides is 1. The summed E-state index contributed by atoms with van der Waals surface area (Å²) in [6.45, 7) is 0.926. The summed E-state index contributed by atoms with van der Waals surface area (Å²) in [5.74, 6) is 1.62. The summed E-state index contributed by atoms with van der Waals surface area (Å²) < 4.78 is 19.9. The molecule has 0 atom stereocenters. The molecule has 0 radical (unpaired) electrons. The summed E-state index contributed by atoms with van der Waals surface area (Å²) in [6.07, 6.45) is 0.666. The fourth-order valence-electron chi connectivity index (χ4n) is 3.18. The third kappa shape index (κ3) is 5.37. The quantitative estimate of drug-likeness (QED) is 0.420. The first-order valence-corrected chi connectivity index (χ1v) is 10.2. The van der Waals surface area contributed by atoms with Gasteiger partial charge in [0.2, 0.25) is 5.91 Å². The van der Waals surface area contributed by atoms with Crippen LogP contribution in [0, 0.1) is 5.82 Å². The minimum Gasteiger partial charge on any atom is -0.497 e. The van der Waals surface area contributed by atoms with Gasteiger partial charge in [0.25, 0.3) is 0 Å². The van der Waals surface area contributed by atoms with Gasteiger partial charge in [0.15, 0.2) is 11.5 Å². The Morgan fingerprint density at radius 1 is 1.03 bits per heavy atom. The van der Waals surface area contributed by atoms with Gasteiger partial charge >= 0.3 is 0 Å². The Labute approximate surface area is 184 Å². The zero-order valence-corrected chi connectivity index (χ0v) is 17.6. The molecular formula is C23H23FN6O2. The number of aryl methyl sites for hydroxylation is 1. The van der Waals surface area contributed by atoms with Crippen LogP contribution in [-0.4, -0.2) is 32.8 Å². The van der Waals surface area contributed by atoms with Gasteiger partial charge in [-0.05, 0) is 47.5 Å². The molecule has 0 saturated heterocycles. The van der Waals surface area contributed by atoms with E-state index in [1.165, 1.54) is 12.1 Å². The molecular weight excluding hydrogens is 411 g/mol.